The van der Waals surface area contributed by atoms with E-state index < -0.39 is 32.5 Å². The molecule has 0 saturated heterocycles. The summed E-state index contributed by atoms with van der Waals surface area (Å²) in [7, 11) is 1.11. The van der Waals surface area contributed by atoms with E-state index in [0.29, 0.717) is 23.9 Å². The fourth-order valence-electron chi connectivity index (χ4n) is 8.55. The van der Waals surface area contributed by atoms with E-state index in [0.717, 1.165) is 103 Å². The Bertz CT molecular complexity index is 1970. The van der Waals surface area contributed by atoms with Crippen LogP contribution in [0.2, 0.25) is 0 Å². The van der Waals surface area contributed by atoms with E-state index in [2.05, 4.69) is 160 Å². The van der Waals surface area contributed by atoms with Crippen LogP contribution in [-0.2, 0) is 32.7 Å². The number of carbonyl (C=O) groups is 2. The van der Waals surface area contributed by atoms with Gasteiger partial charge in [0.05, 0.1) is 27.7 Å². The molecule has 0 radical (unpaired) electrons. The second kappa shape index (κ2) is 63.1. The van der Waals surface area contributed by atoms with Crippen LogP contribution in [0.3, 0.4) is 0 Å². The van der Waals surface area contributed by atoms with Crippen LogP contribution in [0.5, 0.6) is 0 Å². The number of rotatable bonds is 59. The predicted molar refractivity (Wildman–Crippen MR) is 360 cm³/mol. The van der Waals surface area contributed by atoms with E-state index in [4.69, 9.17) is 18.5 Å². The Morgan fingerprint density at radius 1 is 0.369 bits per heavy atom. The molecular weight excluding hydrogens is 1060 g/mol. The molecule has 0 bridgehead atoms. The van der Waals surface area contributed by atoms with Crippen molar-refractivity contribution in [2.75, 3.05) is 47.5 Å². The monoisotopic (exact) mass is 1180 g/mol. The van der Waals surface area contributed by atoms with E-state index in [9.17, 15) is 19.0 Å². The van der Waals surface area contributed by atoms with Crippen LogP contribution in [0.4, 0.5) is 0 Å². The number of likely N-dealkylation sites (N-methyl/N-ethyl adjacent to an activating group) is 1. The zero-order valence-corrected chi connectivity index (χ0v) is 54.9. The molecule has 0 aliphatic carbocycles. The molecule has 476 valence electrons. The normalized spacial score (nSPS) is 14.2. The molecule has 2 unspecified atom stereocenters. The molecule has 0 aromatic carbocycles. The standard InChI is InChI=1S/C74H122NO8P/c1-6-8-10-12-14-16-18-20-22-24-26-27-28-29-30-31-32-33-34-35-36-37-38-39-40-41-42-43-44-45-46-47-49-51-53-55-57-59-61-63-65-67-74(77)83-72(71-82-84(78,79)81-69-68-75(3,4)5)70-80-73(76)66-64-62-60-58-56-54-52-50-48-25-23-21-19-17-15-13-11-9-7-2/h8-11,14-17,20-23,26-27,29-30,32-33,35-36,48,50,54,56,60,62,72H,6-7,12-13,18-19,24-25,28,31,34,37-47,49,51-53,55,57-59,61,63-71H2,1-5H3/b10-8-,11-9-,16-14-,17-15-,22-20-,23-21-,27-26-,30-29-,33-32-,36-35-,50-48-,56-54-,62-60-. The molecule has 0 aromatic rings. The van der Waals surface area contributed by atoms with Crippen molar-refractivity contribution in [3.63, 3.8) is 0 Å². The van der Waals surface area contributed by atoms with Crippen molar-refractivity contribution >= 4 is 19.8 Å². The second-order valence-electron chi connectivity index (χ2n) is 22.7. The number of hydrogen-bond donors (Lipinski definition) is 0. The van der Waals surface area contributed by atoms with Crippen LogP contribution < -0.4 is 4.89 Å². The summed E-state index contributed by atoms with van der Waals surface area (Å²) >= 11 is 0. The van der Waals surface area contributed by atoms with Gasteiger partial charge in [-0.2, -0.15) is 0 Å². The number of esters is 2. The Morgan fingerprint density at radius 2 is 0.667 bits per heavy atom. The topological polar surface area (TPSA) is 111 Å². The lowest BCUT2D eigenvalue weighted by Gasteiger charge is -2.28. The number of carbonyl (C=O) groups excluding carboxylic acids is 2. The van der Waals surface area contributed by atoms with Crippen molar-refractivity contribution in [3.05, 3.63) is 158 Å². The number of allylic oxidation sites excluding steroid dienone is 26. The molecule has 0 aliphatic rings. The van der Waals surface area contributed by atoms with Crippen LogP contribution in [0.15, 0.2) is 158 Å². The maximum absolute atomic E-state index is 12.8. The first-order chi connectivity index (χ1) is 41.0. The lowest BCUT2D eigenvalue weighted by Crippen LogP contribution is -2.37. The van der Waals surface area contributed by atoms with Crippen molar-refractivity contribution < 1.29 is 42.1 Å². The van der Waals surface area contributed by atoms with Gasteiger partial charge >= 0.3 is 11.9 Å². The fraction of sp³-hybridized carbons (Fsp3) is 0.622. The Labute approximate surface area is 516 Å². The fourth-order valence-corrected chi connectivity index (χ4v) is 9.27. The minimum atomic E-state index is -4.66. The molecule has 0 rings (SSSR count). The van der Waals surface area contributed by atoms with Gasteiger partial charge in [0, 0.05) is 12.8 Å². The summed E-state index contributed by atoms with van der Waals surface area (Å²) in [6, 6.07) is 0. The molecule has 0 heterocycles. The molecule has 0 amide bonds. The number of quaternary nitrogens is 1. The lowest BCUT2D eigenvalue weighted by atomic mass is 10.0. The first kappa shape index (κ1) is 79.6. The number of hydrogen-bond acceptors (Lipinski definition) is 8. The number of unbranched alkanes of at least 4 members (excludes halogenated alkanes) is 19. The van der Waals surface area contributed by atoms with Gasteiger partial charge in [-0.25, -0.2) is 0 Å². The van der Waals surface area contributed by atoms with Gasteiger partial charge in [0.15, 0.2) is 6.10 Å². The first-order valence-electron chi connectivity index (χ1n) is 33.2. The average Bonchev–Trinajstić information content (AvgIpc) is 3.61. The highest BCUT2D eigenvalue weighted by Crippen LogP contribution is 2.38. The van der Waals surface area contributed by atoms with Crippen LogP contribution in [0.1, 0.15) is 245 Å². The van der Waals surface area contributed by atoms with E-state index in [1.807, 2.05) is 33.3 Å². The molecule has 0 N–H and O–H groups in total. The third-order valence-corrected chi connectivity index (χ3v) is 14.5. The highest BCUT2D eigenvalue weighted by atomic mass is 31.2. The van der Waals surface area contributed by atoms with Crippen molar-refractivity contribution in [1.29, 1.82) is 0 Å². The van der Waals surface area contributed by atoms with E-state index in [-0.39, 0.29) is 26.1 Å². The number of phosphoric ester groups is 1. The largest absolute Gasteiger partial charge is 0.756 e. The summed E-state index contributed by atoms with van der Waals surface area (Å²) in [5.41, 5.74) is 0. The number of phosphoric acid groups is 1. The van der Waals surface area contributed by atoms with Gasteiger partial charge in [0.25, 0.3) is 7.82 Å². The van der Waals surface area contributed by atoms with Gasteiger partial charge in [0.1, 0.15) is 19.8 Å². The van der Waals surface area contributed by atoms with Gasteiger partial charge in [-0.1, -0.05) is 281 Å². The maximum atomic E-state index is 12.8. The van der Waals surface area contributed by atoms with Crippen LogP contribution in [0, 0.1) is 0 Å². The summed E-state index contributed by atoms with van der Waals surface area (Å²) in [5, 5.41) is 0. The summed E-state index contributed by atoms with van der Waals surface area (Å²) in [6.07, 6.45) is 94.9. The maximum Gasteiger partial charge on any atom is 0.306 e. The third kappa shape index (κ3) is 66.8. The molecular formula is C74H122NO8P. The average molecular weight is 1180 g/mol. The number of nitrogens with zero attached hydrogens (tertiary/aromatic N) is 1. The highest BCUT2D eigenvalue weighted by molar-refractivity contribution is 7.45. The van der Waals surface area contributed by atoms with E-state index >= 15 is 0 Å². The Kier molecular flexibility index (Phi) is 59.9. The summed E-state index contributed by atoms with van der Waals surface area (Å²) in [5.74, 6) is -0.936. The SMILES string of the molecule is CC/C=C\C/C=C\C/C=C\C/C=C\C/C=C\C/C=C\C/C=C\CCCCCCCCCCCCCCCCCCCCCC(=O)OC(COC(=O)CC/C=C\C/C=C\C/C=C\C/C=C\C/C=C\C/C=C\CC)COP(=O)([O-])OCC[N+](C)(C)C. The van der Waals surface area contributed by atoms with Gasteiger partial charge in [-0.3, -0.25) is 14.2 Å². The summed E-state index contributed by atoms with van der Waals surface area (Å²) in [4.78, 5) is 37.9. The molecule has 84 heavy (non-hydrogen) atoms. The summed E-state index contributed by atoms with van der Waals surface area (Å²) in [6.45, 7) is 3.92. The molecule has 0 saturated carbocycles. The molecule has 2 atom stereocenters. The molecule has 0 spiro atoms. The highest BCUT2D eigenvalue weighted by Gasteiger charge is 2.21. The van der Waals surface area contributed by atoms with Crippen molar-refractivity contribution in [1.82, 2.24) is 0 Å². The molecule has 9 nitrogen and oxygen atoms in total. The van der Waals surface area contributed by atoms with Crippen LogP contribution in [0.25, 0.3) is 0 Å². The zero-order valence-electron chi connectivity index (χ0n) is 54.0. The zero-order chi connectivity index (χ0) is 61.2. The predicted octanol–water partition coefficient (Wildman–Crippen LogP) is 21.0. The van der Waals surface area contributed by atoms with Crippen molar-refractivity contribution in [3.8, 4) is 0 Å². The molecule has 10 heteroatoms. The third-order valence-electron chi connectivity index (χ3n) is 13.6. The second-order valence-corrected chi connectivity index (χ2v) is 24.1. The Hall–Kier alpha value is -4.37. The minimum absolute atomic E-state index is 0.0484. The van der Waals surface area contributed by atoms with Gasteiger partial charge in [-0.15, -0.1) is 0 Å². The number of ether oxygens (including phenoxy) is 2. The van der Waals surface area contributed by atoms with E-state index in [1.165, 1.54) is 103 Å². The van der Waals surface area contributed by atoms with Crippen LogP contribution >= 0.6 is 7.82 Å². The molecule has 0 aromatic heterocycles. The van der Waals surface area contributed by atoms with Crippen molar-refractivity contribution in [2.24, 2.45) is 0 Å². The van der Waals surface area contributed by atoms with Gasteiger partial charge in [-0.05, 0) is 109 Å². The smallest absolute Gasteiger partial charge is 0.306 e. The first-order valence-corrected chi connectivity index (χ1v) is 34.7. The minimum Gasteiger partial charge on any atom is -0.756 e. The van der Waals surface area contributed by atoms with Crippen LogP contribution in [-0.4, -0.2) is 70.0 Å². The van der Waals surface area contributed by atoms with Gasteiger partial charge in [0.2, 0.25) is 0 Å². The Morgan fingerprint density at radius 3 is 1.00 bits per heavy atom. The quantitative estimate of drug-likeness (QED) is 0.0195. The van der Waals surface area contributed by atoms with E-state index in [1.54, 1.807) is 0 Å². The van der Waals surface area contributed by atoms with Crippen molar-refractivity contribution in [2.45, 2.75) is 251 Å². The van der Waals surface area contributed by atoms with Gasteiger partial charge < -0.3 is 27.9 Å². The molecule has 0 aliphatic heterocycles. The summed E-state index contributed by atoms with van der Waals surface area (Å²) < 4.78 is 34.1. The molecule has 0 fully saturated rings. The Balaban J connectivity index is 4.05. The lowest BCUT2D eigenvalue weighted by molar-refractivity contribution is -0.870.